The Morgan fingerprint density at radius 2 is 1.42 bits per heavy atom. The smallest absolute Gasteiger partial charge is 0.407 e. The molecule has 2 aromatic carbocycles. The van der Waals surface area contributed by atoms with E-state index in [1.165, 1.54) is 0 Å². The highest BCUT2D eigenvalue weighted by Crippen LogP contribution is 2.53. The first-order valence-corrected chi connectivity index (χ1v) is 13.0. The van der Waals surface area contributed by atoms with E-state index >= 15 is 0 Å². The Morgan fingerprint density at radius 1 is 0.909 bits per heavy atom. The molecule has 0 aliphatic heterocycles. The third-order valence-corrected chi connectivity index (χ3v) is 7.16. The van der Waals surface area contributed by atoms with Crippen molar-refractivity contribution in [1.82, 2.24) is 10.6 Å². The van der Waals surface area contributed by atoms with Crippen molar-refractivity contribution in [2.45, 2.75) is 65.0 Å². The van der Waals surface area contributed by atoms with Crippen LogP contribution in [0.1, 0.15) is 45.7 Å². The molecule has 33 heavy (non-hydrogen) atoms. The second kappa shape index (κ2) is 12.9. The van der Waals surface area contributed by atoms with Crippen molar-refractivity contribution in [3.05, 3.63) is 71.8 Å². The minimum Gasteiger partial charge on any atom is -0.444 e. The van der Waals surface area contributed by atoms with E-state index in [0.29, 0.717) is 13.0 Å². The molecule has 0 fully saturated rings. The molecule has 2 aromatic rings. The monoisotopic (exact) mass is 476 g/mol. The molecule has 182 valence electrons. The lowest BCUT2D eigenvalue weighted by Gasteiger charge is -2.34. The average molecular weight is 477 g/mol. The van der Waals surface area contributed by atoms with Crippen molar-refractivity contribution in [2.75, 3.05) is 13.2 Å². The van der Waals surface area contributed by atoms with Crippen molar-refractivity contribution < 1.29 is 23.1 Å². The third-order valence-electron chi connectivity index (χ3n) is 4.70. The Balaban J connectivity index is 2.41. The second-order valence-electron chi connectivity index (χ2n) is 8.63. The van der Waals surface area contributed by atoms with Crippen LogP contribution in [0, 0.1) is 0 Å². The quantitative estimate of drug-likeness (QED) is 0.393. The zero-order chi connectivity index (χ0) is 24.3. The summed E-state index contributed by atoms with van der Waals surface area (Å²) in [6.07, 6.45) is -0.175. The van der Waals surface area contributed by atoms with Gasteiger partial charge in [-0.1, -0.05) is 60.7 Å². The van der Waals surface area contributed by atoms with E-state index in [0.717, 1.165) is 11.1 Å². The summed E-state index contributed by atoms with van der Waals surface area (Å²) in [7, 11) is -3.65. The Hall–Kier alpha value is -2.18. The zero-order valence-corrected chi connectivity index (χ0v) is 21.1. The second-order valence-corrected chi connectivity index (χ2v) is 10.8. The first-order chi connectivity index (χ1) is 15.7. The molecular weight excluding hydrogens is 439 g/mol. The molecule has 2 atom stereocenters. The molecule has 0 aliphatic rings. The van der Waals surface area contributed by atoms with Gasteiger partial charge in [0.25, 0.3) is 0 Å². The van der Waals surface area contributed by atoms with Gasteiger partial charge in [0.2, 0.25) is 0 Å². The van der Waals surface area contributed by atoms with Crippen molar-refractivity contribution in [2.24, 2.45) is 0 Å². The van der Waals surface area contributed by atoms with Crippen LogP contribution in [0.25, 0.3) is 0 Å². The molecule has 7 nitrogen and oxygen atoms in total. The van der Waals surface area contributed by atoms with Gasteiger partial charge in [0, 0.05) is 6.54 Å². The van der Waals surface area contributed by atoms with Crippen LogP contribution in [-0.2, 0) is 31.3 Å². The summed E-state index contributed by atoms with van der Waals surface area (Å²) in [5, 5.41) is 6.28. The highest BCUT2D eigenvalue weighted by Gasteiger charge is 2.42. The van der Waals surface area contributed by atoms with E-state index in [1.54, 1.807) is 34.6 Å². The van der Waals surface area contributed by atoms with Crippen LogP contribution in [0.5, 0.6) is 0 Å². The summed E-state index contributed by atoms with van der Waals surface area (Å²) in [5.41, 5.74) is 1.32. The molecule has 0 spiro atoms. The highest BCUT2D eigenvalue weighted by molar-refractivity contribution is 7.54. The molecule has 0 aliphatic carbocycles. The number of hydrogen-bond donors (Lipinski definition) is 2. The van der Waals surface area contributed by atoms with E-state index in [9.17, 15) is 9.36 Å². The SMILES string of the molecule is CCOP(=O)(OCC)[C@@H](NCc1ccccc1)[C@H](Cc1ccccc1)NC(=O)OC(C)(C)C. The fourth-order valence-electron chi connectivity index (χ4n) is 3.42. The van der Waals surface area contributed by atoms with Crippen LogP contribution in [-0.4, -0.2) is 36.7 Å². The van der Waals surface area contributed by atoms with Gasteiger partial charge in [0.05, 0.1) is 19.3 Å². The maximum atomic E-state index is 13.9. The molecular formula is C25H37N2O5P. The van der Waals surface area contributed by atoms with E-state index < -0.39 is 31.1 Å². The largest absolute Gasteiger partial charge is 0.444 e. The standard InChI is InChI=1S/C25H37N2O5P/c1-6-30-33(29,31-7-2)23(26-19-21-16-12-9-13-17-21)22(18-20-14-10-8-11-15-20)27-24(28)32-25(3,4)5/h8-17,22-23,26H,6-7,18-19H2,1-5H3,(H,27,28)/t22-,23+/m0/s1. The Morgan fingerprint density at radius 3 is 1.91 bits per heavy atom. The van der Waals surface area contributed by atoms with Crippen molar-refractivity contribution in [3.8, 4) is 0 Å². The van der Waals surface area contributed by atoms with Gasteiger partial charge in [-0.15, -0.1) is 0 Å². The minimum atomic E-state index is -3.65. The fourth-order valence-corrected chi connectivity index (χ4v) is 5.47. The van der Waals surface area contributed by atoms with Crippen LogP contribution >= 0.6 is 7.60 Å². The van der Waals surface area contributed by atoms with Crippen molar-refractivity contribution >= 4 is 13.7 Å². The summed E-state index contributed by atoms with van der Waals surface area (Å²) < 4.78 is 30.8. The number of carbonyl (C=O) groups is 1. The third kappa shape index (κ3) is 9.30. The first kappa shape index (κ1) is 27.1. The van der Waals surface area contributed by atoms with E-state index in [1.807, 2.05) is 60.7 Å². The number of rotatable bonds is 12. The van der Waals surface area contributed by atoms with Crippen LogP contribution < -0.4 is 10.6 Å². The Bertz CT molecular complexity index is 877. The topological polar surface area (TPSA) is 85.9 Å². The van der Waals surface area contributed by atoms with Crippen LogP contribution in [0.4, 0.5) is 4.79 Å². The molecule has 0 aromatic heterocycles. The summed E-state index contributed by atoms with van der Waals surface area (Å²) >= 11 is 0. The maximum absolute atomic E-state index is 13.9. The van der Waals surface area contributed by atoms with Gasteiger partial charge in [-0.05, 0) is 52.2 Å². The van der Waals surface area contributed by atoms with Crippen molar-refractivity contribution in [1.29, 1.82) is 0 Å². The molecule has 1 amide bonds. The number of carbonyl (C=O) groups excluding carboxylic acids is 1. The van der Waals surface area contributed by atoms with Gasteiger partial charge in [-0.25, -0.2) is 4.79 Å². The lowest BCUT2D eigenvalue weighted by atomic mass is 10.1. The predicted molar refractivity (Wildman–Crippen MR) is 131 cm³/mol. The number of benzene rings is 2. The number of amides is 1. The van der Waals surface area contributed by atoms with Gasteiger partial charge in [-0.2, -0.15) is 0 Å². The highest BCUT2D eigenvalue weighted by atomic mass is 31.2. The molecule has 2 N–H and O–H groups in total. The molecule has 8 heteroatoms. The number of ether oxygens (including phenoxy) is 1. The zero-order valence-electron chi connectivity index (χ0n) is 20.2. The van der Waals surface area contributed by atoms with Crippen LogP contribution in [0.15, 0.2) is 60.7 Å². The average Bonchev–Trinajstić information content (AvgIpc) is 2.74. The minimum absolute atomic E-state index is 0.214. The van der Waals surface area contributed by atoms with E-state index in [-0.39, 0.29) is 13.2 Å². The lowest BCUT2D eigenvalue weighted by molar-refractivity contribution is 0.0496. The Kier molecular flexibility index (Phi) is 10.6. The molecule has 2 rings (SSSR count). The molecule has 0 heterocycles. The van der Waals surface area contributed by atoms with Gasteiger partial charge < -0.3 is 19.1 Å². The van der Waals surface area contributed by atoms with Gasteiger partial charge >= 0.3 is 13.7 Å². The van der Waals surface area contributed by atoms with Crippen molar-refractivity contribution in [3.63, 3.8) is 0 Å². The van der Waals surface area contributed by atoms with E-state index in [4.69, 9.17) is 13.8 Å². The summed E-state index contributed by atoms with van der Waals surface area (Å²) in [6, 6.07) is 18.9. The molecule has 0 bridgehead atoms. The maximum Gasteiger partial charge on any atom is 0.407 e. The Labute approximate surface area is 197 Å². The van der Waals surface area contributed by atoms with Gasteiger partial charge in [0.15, 0.2) is 0 Å². The molecule has 0 unspecified atom stereocenters. The molecule has 0 saturated carbocycles. The lowest BCUT2D eigenvalue weighted by Crippen LogP contribution is -2.52. The number of nitrogens with one attached hydrogen (secondary N) is 2. The fraction of sp³-hybridized carbons (Fsp3) is 0.480. The number of alkyl carbamates (subject to hydrolysis) is 1. The predicted octanol–water partition coefficient (Wildman–Crippen LogP) is 5.50. The summed E-state index contributed by atoms with van der Waals surface area (Å²) in [5.74, 6) is -0.801. The first-order valence-electron chi connectivity index (χ1n) is 11.4. The molecule has 0 saturated heterocycles. The van der Waals surface area contributed by atoms with Gasteiger partial charge in [0.1, 0.15) is 11.4 Å². The van der Waals surface area contributed by atoms with Gasteiger partial charge in [-0.3, -0.25) is 9.88 Å². The molecule has 0 radical (unpaired) electrons. The normalized spacial score (nSPS) is 13.8. The van der Waals surface area contributed by atoms with Crippen LogP contribution in [0.2, 0.25) is 0 Å². The number of hydrogen-bond acceptors (Lipinski definition) is 6. The van der Waals surface area contributed by atoms with Crippen LogP contribution in [0.3, 0.4) is 0 Å². The van der Waals surface area contributed by atoms with E-state index in [2.05, 4.69) is 10.6 Å². The summed E-state index contributed by atoms with van der Waals surface area (Å²) in [6.45, 7) is 9.80. The summed E-state index contributed by atoms with van der Waals surface area (Å²) in [4.78, 5) is 12.7.